The summed E-state index contributed by atoms with van der Waals surface area (Å²) in [5.41, 5.74) is 2.02. The molecule has 0 amide bonds. The van der Waals surface area contributed by atoms with Gasteiger partial charge in [0.1, 0.15) is 0 Å². The lowest BCUT2D eigenvalue weighted by Crippen LogP contribution is -2.32. The quantitative estimate of drug-likeness (QED) is 0.0547. The molecule has 0 saturated heterocycles. The van der Waals surface area contributed by atoms with Gasteiger partial charge in [-0.15, -0.1) is 0 Å². The van der Waals surface area contributed by atoms with Crippen LogP contribution in [0.15, 0.2) is 0 Å². The lowest BCUT2D eigenvalue weighted by Gasteiger charge is -2.26. The summed E-state index contributed by atoms with van der Waals surface area (Å²) in [5, 5.41) is 37.7. The second-order valence-electron chi connectivity index (χ2n) is 22.5. The predicted octanol–water partition coefficient (Wildman–Crippen LogP) is 7.84. The Morgan fingerprint density at radius 1 is 0.383 bits per heavy atom. The first kappa shape index (κ1) is 68.6. The molecule has 11 heteroatoms. The molecular formula is C49H113N5O6. The van der Waals surface area contributed by atoms with Crippen molar-refractivity contribution in [1.29, 1.82) is 0 Å². The van der Waals surface area contributed by atoms with Crippen molar-refractivity contribution in [2.24, 2.45) is 27.1 Å². The van der Waals surface area contributed by atoms with Crippen molar-refractivity contribution in [1.82, 2.24) is 24.9 Å². The molecule has 0 unspecified atom stereocenters. The van der Waals surface area contributed by atoms with Gasteiger partial charge in [-0.1, -0.05) is 111 Å². The van der Waals surface area contributed by atoms with E-state index in [-0.39, 0.29) is 26.4 Å². The molecule has 0 aromatic heterocycles. The Hall–Kier alpha value is -0.440. The van der Waals surface area contributed by atoms with Crippen LogP contribution in [0.3, 0.4) is 0 Å². The lowest BCUT2D eigenvalue weighted by molar-refractivity contribution is 0.138. The average Bonchev–Trinajstić information content (AvgIpc) is 3.11. The van der Waals surface area contributed by atoms with Crippen molar-refractivity contribution < 1.29 is 29.9 Å². The van der Waals surface area contributed by atoms with E-state index in [0.29, 0.717) is 40.2 Å². The number of methoxy groups -OCH3 is 2. The molecule has 0 radical (unpaired) electrons. The van der Waals surface area contributed by atoms with Gasteiger partial charge in [-0.05, 0) is 119 Å². The van der Waals surface area contributed by atoms with Gasteiger partial charge >= 0.3 is 0 Å². The minimum Gasteiger partial charge on any atom is -0.395 e. The molecule has 0 saturated carbocycles. The molecule has 0 heterocycles. The third-order valence-corrected chi connectivity index (χ3v) is 9.33. The van der Waals surface area contributed by atoms with Crippen molar-refractivity contribution >= 4 is 0 Å². The van der Waals surface area contributed by atoms with Crippen LogP contribution in [0.4, 0.5) is 0 Å². The highest BCUT2D eigenvalue weighted by molar-refractivity contribution is 4.68. The van der Waals surface area contributed by atoms with Crippen molar-refractivity contribution in [2.75, 3.05) is 146 Å². The van der Waals surface area contributed by atoms with Crippen LogP contribution in [0.25, 0.3) is 0 Å². The molecule has 0 aliphatic carbocycles. The van der Waals surface area contributed by atoms with Crippen LogP contribution in [0, 0.1) is 27.1 Å². The van der Waals surface area contributed by atoms with Gasteiger partial charge in [0.25, 0.3) is 0 Å². The van der Waals surface area contributed by atoms with E-state index in [9.17, 15) is 0 Å². The van der Waals surface area contributed by atoms with Gasteiger partial charge in [-0.2, -0.15) is 0 Å². The largest absolute Gasteiger partial charge is 0.395 e. The number of rotatable bonds is 26. The Labute approximate surface area is 376 Å². The Kier molecular flexibility index (Phi) is 47.2. The molecule has 0 aromatic rings. The van der Waals surface area contributed by atoms with Crippen molar-refractivity contribution in [3.63, 3.8) is 0 Å². The van der Waals surface area contributed by atoms with Crippen LogP contribution in [-0.4, -0.2) is 187 Å². The zero-order valence-electron chi connectivity index (χ0n) is 44.4. The smallest absolute Gasteiger partial charge is 0.0589 e. The molecule has 0 aliphatic heterocycles. The standard InChI is InChI=1S/C12H27NO.C10H23NO2.C10H23NO.C9H21NO.C8H19NO/c1-6-8-13(10-11-14-5)9-7-12(2,3)4;1-10(2,3)4-5-11(6-8-12)7-9-13;1-10(2,3)6-7-11(4)8-9-12-5;1-9(2,3)5-6-10(4)7-8-11;1-8(2,3)4-5-9-6-7-10/h6-11H2,1-5H3;12-13H,4-9H2,1-3H3;6-9H2,1-5H3;11H,5-8H2,1-4H3;9-10H,4-7H2,1-3H3. The summed E-state index contributed by atoms with van der Waals surface area (Å²) < 4.78 is 10.1. The summed E-state index contributed by atoms with van der Waals surface area (Å²) in [6.45, 7) is 49.9. The van der Waals surface area contributed by atoms with Gasteiger partial charge < -0.3 is 49.9 Å². The van der Waals surface area contributed by atoms with E-state index >= 15 is 0 Å². The number of hydrogen-bond acceptors (Lipinski definition) is 11. The second kappa shape index (κ2) is 41.3. The highest BCUT2D eigenvalue weighted by Gasteiger charge is 2.15. The Balaban J connectivity index is -0.000000211. The van der Waals surface area contributed by atoms with Crippen LogP contribution in [0.5, 0.6) is 0 Å². The molecule has 0 aliphatic rings. The van der Waals surface area contributed by atoms with Crippen LogP contribution in [0.2, 0.25) is 0 Å². The molecule has 60 heavy (non-hydrogen) atoms. The number of nitrogens with one attached hydrogen (secondary N) is 1. The van der Waals surface area contributed by atoms with Crippen LogP contribution in [-0.2, 0) is 9.47 Å². The van der Waals surface area contributed by atoms with E-state index in [2.05, 4.69) is 143 Å². The number of ether oxygens (including phenoxy) is 2. The topological polar surface area (TPSA) is 124 Å². The first-order valence-electron chi connectivity index (χ1n) is 23.4. The third kappa shape index (κ3) is 72.0. The molecule has 0 spiro atoms. The predicted molar refractivity (Wildman–Crippen MR) is 263 cm³/mol. The minimum atomic E-state index is 0.171. The van der Waals surface area contributed by atoms with Crippen LogP contribution in [0.1, 0.15) is 149 Å². The molecule has 0 aromatic carbocycles. The Bertz CT molecular complexity index is 842. The summed E-state index contributed by atoms with van der Waals surface area (Å²) >= 11 is 0. The monoisotopic (exact) mass is 868 g/mol. The third-order valence-electron chi connectivity index (χ3n) is 9.33. The fourth-order valence-corrected chi connectivity index (χ4v) is 4.84. The molecular weight excluding hydrogens is 755 g/mol. The summed E-state index contributed by atoms with van der Waals surface area (Å²) in [7, 11) is 7.71. The van der Waals surface area contributed by atoms with Gasteiger partial charge in [0, 0.05) is 53.5 Å². The first-order chi connectivity index (χ1) is 27.5. The Morgan fingerprint density at radius 3 is 1.03 bits per heavy atom. The fraction of sp³-hybridized carbons (Fsp3) is 1.00. The normalized spacial score (nSPS) is 12.4. The van der Waals surface area contributed by atoms with Gasteiger partial charge in [0.15, 0.2) is 0 Å². The van der Waals surface area contributed by atoms with E-state index in [1.165, 1.54) is 38.8 Å². The number of aliphatic hydroxyl groups excluding tert-OH is 4. The second-order valence-corrected chi connectivity index (χ2v) is 22.5. The number of hydrogen-bond donors (Lipinski definition) is 5. The molecule has 0 bridgehead atoms. The highest BCUT2D eigenvalue weighted by atomic mass is 16.5. The fourth-order valence-electron chi connectivity index (χ4n) is 4.84. The maximum Gasteiger partial charge on any atom is 0.0589 e. The molecule has 370 valence electrons. The summed E-state index contributed by atoms with van der Waals surface area (Å²) in [6.07, 6.45) is 7.17. The summed E-state index contributed by atoms with van der Waals surface area (Å²) in [4.78, 5) is 9.06. The van der Waals surface area contributed by atoms with Gasteiger partial charge in [0.2, 0.25) is 0 Å². The molecule has 5 N–H and O–H groups in total. The van der Waals surface area contributed by atoms with E-state index in [4.69, 9.17) is 29.9 Å². The molecule has 11 nitrogen and oxygen atoms in total. The highest BCUT2D eigenvalue weighted by Crippen LogP contribution is 2.21. The Morgan fingerprint density at radius 2 is 0.717 bits per heavy atom. The van der Waals surface area contributed by atoms with E-state index < -0.39 is 0 Å². The lowest BCUT2D eigenvalue weighted by atomic mass is 9.92. The molecule has 0 rings (SSSR count). The SMILES string of the molecule is CC(C)(C)CCN(CCO)CCO.CC(C)(C)CCNCCO.CCCN(CCOC)CCC(C)(C)C.CN(CCO)CCC(C)(C)C.COCCN(C)CCC(C)(C)C. The van der Waals surface area contributed by atoms with Crippen molar-refractivity contribution in [2.45, 2.75) is 149 Å². The minimum absolute atomic E-state index is 0.171. The van der Waals surface area contributed by atoms with Gasteiger partial charge in [-0.3, -0.25) is 4.90 Å². The maximum absolute atomic E-state index is 8.77. The van der Waals surface area contributed by atoms with Gasteiger partial charge in [-0.25, -0.2) is 0 Å². The molecule has 0 atom stereocenters. The van der Waals surface area contributed by atoms with E-state index in [1.54, 1.807) is 14.2 Å². The van der Waals surface area contributed by atoms with Crippen LogP contribution < -0.4 is 5.32 Å². The zero-order valence-corrected chi connectivity index (χ0v) is 44.4. The summed E-state index contributed by atoms with van der Waals surface area (Å²) in [6, 6.07) is 0. The number of nitrogens with zero attached hydrogens (tertiary/aromatic N) is 4. The number of likely N-dealkylation sites (N-methyl/N-ethyl adjacent to an activating group) is 2. The zero-order chi connectivity index (χ0) is 47.9. The van der Waals surface area contributed by atoms with Crippen LogP contribution >= 0.6 is 0 Å². The van der Waals surface area contributed by atoms with Gasteiger partial charge in [0.05, 0.1) is 39.6 Å². The first-order valence-corrected chi connectivity index (χ1v) is 23.4. The average molecular weight is 868 g/mol. The summed E-state index contributed by atoms with van der Waals surface area (Å²) in [5.74, 6) is 0. The van der Waals surface area contributed by atoms with E-state index in [1.807, 2.05) is 7.05 Å². The van der Waals surface area contributed by atoms with E-state index in [0.717, 1.165) is 78.4 Å². The van der Waals surface area contributed by atoms with Crippen molar-refractivity contribution in [3.8, 4) is 0 Å². The maximum atomic E-state index is 8.77. The van der Waals surface area contributed by atoms with Crippen molar-refractivity contribution in [3.05, 3.63) is 0 Å². The molecule has 0 fully saturated rings. The number of aliphatic hydroxyl groups is 4.